The summed E-state index contributed by atoms with van der Waals surface area (Å²) in [7, 11) is 0. The summed E-state index contributed by atoms with van der Waals surface area (Å²) >= 11 is 0. The molecule has 0 unspecified atom stereocenters. The highest BCUT2D eigenvalue weighted by Gasteiger charge is 2.57. The third-order valence-corrected chi connectivity index (χ3v) is 2.19. The van der Waals surface area contributed by atoms with Crippen molar-refractivity contribution in [3.05, 3.63) is 11.6 Å². The van der Waals surface area contributed by atoms with Crippen LogP contribution in [0.4, 0.5) is 26.3 Å². The van der Waals surface area contributed by atoms with Crippen LogP contribution in [0.5, 0.6) is 0 Å². The predicted octanol–water partition coefficient (Wildman–Crippen LogP) is 2.42. The first-order valence-electron chi connectivity index (χ1n) is 4.85. The van der Waals surface area contributed by atoms with Crippen molar-refractivity contribution in [2.45, 2.75) is 24.9 Å². The number of alkyl halides is 6. The van der Waals surface area contributed by atoms with E-state index in [1.165, 1.54) is 6.08 Å². The molecule has 0 aliphatic carbocycles. The van der Waals surface area contributed by atoms with E-state index in [0.29, 0.717) is 25.1 Å². The zero-order chi connectivity index (χ0) is 13.1. The van der Waals surface area contributed by atoms with Crippen molar-refractivity contribution in [3.8, 4) is 0 Å². The molecule has 2 nitrogen and oxygen atoms in total. The fourth-order valence-electron chi connectivity index (χ4n) is 1.37. The van der Waals surface area contributed by atoms with Gasteiger partial charge in [0.25, 0.3) is 0 Å². The van der Waals surface area contributed by atoms with Crippen molar-refractivity contribution in [3.63, 3.8) is 0 Å². The van der Waals surface area contributed by atoms with E-state index in [0.717, 1.165) is 0 Å². The molecule has 0 radical (unpaired) electrons. The SMILES string of the molecule is FC(F)(F)C(OCC1=CCNCC1)C(F)(F)F. The second-order valence-electron chi connectivity index (χ2n) is 3.59. The van der Waals surface area contributed by atoms with Crippen LogP contribution in [0.25, 0.3) is 0 Å². The predicted molar refractivity (Wildman–Crippen MR) is 47.4 cm³/mol. The topological polar surface area (TPSA) is 21.3 Å². The Morgan fingerprint density at radius 1 is 1.18 bits per heavy atom. The van der Waals surface area contributed by atoms with Gasteiger partial charge >= 0.3 is 12.4 Å². The van der Waals surface area contributed by atoms with E-state index in [-0.39, 0.29) is 0 Å². The molecule has 0 spiro atoms. The van der Waals surface area contributed by atoms with Crippen LogP contribution in [0.15, 0.2) is 11.6 Å². The minimum atomic E-state index is -5.44. The average Bonchev–Trinajstić information content (AvgIpc) is 2.15. The molecule has 0 fully saturated rings. The van der Waals surface area contributed by atoms with Crippen molar-refractivity contribution in [2.75, 3.05) is 19.7 Å². The smallest absolute Gasteiger partial charge is 0.356 e. The summed E-state index contributed by atoms with van der Waals surface area (Å²) in [5.41, 5.74) is 0.447. The lowest BCUT2D eigenvalue weighted by molar-refractivity contribution is -0.320. The Morgan fingerprint density at radius 2 is 1.76 bits per heavy atom. The Kier molecular flexibility index (Phi) is 4.42. The van der Waals surface area contributed by atoms with E-state index in [1.54, 1.807) is 0 Å². The first-order chi connectivity index (χ1) is 7.71. The Labute approximate surface area is 93.6 Å². The van der Waals surface area contributed by atoms with Gasteiger partial charge < -0.3 is 10.1 Å². The lowest BCUT2D eigenvalue weighted by atomic mass is 10.1. The number of nitrogens with one attached hydrogen (secondary N) is 1. The molecule has 17 heavy (non-hydrogen) atoms. The van der Waals surface area contributed by atoms with Crippen molar-refractivity contribution in [2.24, 2.45) is 0 Å². The number of hydrogen-bond acceptors (Lipinski definition) is 2. The molecular weight excluding hydrogens is 252 g/mol. The first-order valence-corrected chi connectivity index (χ1v) is 4.85. The highest BCUT2D eigenvalue weighted by molar-refractivity contribution is 5.07. The monoisotopic (exact) mass is 263 g/mol. The highest BCUT2D eigenvalue weighted by atomic mass is 19.4. The van der Waals surface area contributed by atoms with Gasteiger partial charge in [0, 0.05) is 6.54 Å². The van der Waals surface area contributed by atoms with E-state index in [2.05, 4.69) is 10.1 Å². The summed E-state index contributed by atoms with van der Waals surface area (Å²) in [4.78, 5) is 0. The molecule has 1 rings (SSSR count). The molecule has 0 bridgehead atoms. The van der Waals surface area contributed by atoms with Crippen molar-refractivity contribution in [1.29, 1.82) is 0 Å². The minimum Gasteiger partial charge on any atom is -0.356 e. The van der Waals surface area contributed by atoms with E-state index >= 15 is 0 Å². The van der Waals surface area contributed by atoms with Gasteiger partial charge in [-0.3, -0.25) is 0 Å². The minimum absolute atomic E-state index is 0.391. The van der Waals surface area contributed by atoms with Crippen LogP contribution in [0.2, 0.25) is 0 Å². The van der Waals surface area contributed by atoms with Crippen LogP contribution in [-0.4, -0.2) is 38.2 Å². The summed E-state index contributed by atoms with van der Waals surface area (Å²) < 4.78 is 76.5. The van der Waals surface area contributed by atoms with Crippen molar-refractivity contribution in [1.82, 2.24) is 5.32 Å². The molecular formula is C9H11F6NO. The quantitative estimate of drug-likeness (QED) is 0.623. The van der Waals surface area contributed by atoms with Gasteiger partial charge in [-0.1, -0.05) is 6.08 Å². The van der Waals surface area contributed by atoms with Crippen molar-refractivity contribution >= 4 is 0 Å². The van der Waals surface area contributed by atoms with Gasteiger partial charge in [-0.2, -0.15) is 26.3 Å². The maximum atomic E-state index is 12.1. The molecule has 0 aromatic heterocycles. The van der Waals surface area contributed by atoms with Crippen LogP contribution >= 0.6 is 0 Å². The van der Waals surface area contributed by atoms with E-state index in [4.69, 9.17) is 0 Å². The fourth-order valence-corrected chi connectivity index (χ4v) is 1.37. The van der Waals surface area contributed by atoms with Gasteiger partial charge in [0.15, 0.2) is 0 Å². The largest absolute Gasteiger partial charge is 0.423 e. The molecule has 1 aliphatic rings. The molecule has 0 saturated carbocycles. The first kappa shape index (κ1) is 14.3. The van der Waals surface area contributed by atoms with E-state index in [9.17, 15) is 26.3 Å². The molecule has 100 valence electrons. The Morgan fingerprint density at radius 3 is 2.18 bits per heavy atom. The molecule has 0 amide bonds. The van der Waals surface area contributed by atoms with Crippen LogP contribution in [0.1, 0.15) is 6.42 Å². The molecule has 8 heteroatoms. The lowest BCUT2D eigenvalue weighted by Crippen LogP contribution is -2.44. The Bertz CT molecular complexity index is 268. The van der Waals surface area contributed by atoms with Gasteiger partial charge in [-0.25, -0.2) is 0 Å². The Balaban J connectivity index is 2.59. The lowest BCUT2D eigenvalue weighted by Gasteiger charge is -2.24. The second-order valence-corrected chi connectivity index (χ2v) is 3.59. The third-order valence-electron chi connectivity index (χ3n) is 2.19. The fraction of sp³-hybridized carbons (Fsp3) is 0.778. The molecule has 0 aromatic rings. The van der Waals surface area contributed by atoms with Crippen LogP contribution in [0.3, 0.4) is 0 Å². The molecule has 0 saturated heterocycles. The number of hydrogen-bond donors (Lipinski definition) is 1. The summed E-state index contributed by atoms with van der Waals surface area (Å²) in [6.45, 7) is 0.310. The van der Waals surface area contributed by atoms with Crippen LogP contribution < -0.4 is 5.32 Å². The summed E-state index contributed by atoms with van der Waals surface area (Å²) in [6, 6.07) is 0. The standard InChI is InChI=1S/C9H11F6NO/c10-8(11,12)7(9(13,14)15)17-5-6-1-3-16-4-2-6/h1,7,16H,2-5H2. The second kappa shape index (κ2) is 5.26. The number of rotatable bonds is 3. The number of halogens is 6. The van der Waals surface area contributed by atoms with Gasteiger partial charge in [0.05, 0.1) is 6.61 Å². The normalized spacial score (nSPS) is 18.4. The van der Waals surface area contributed by atoms with Crippen molar-refractivity contribution < 1.29 is 31.1 Å². The summed E-state index contributed by atoms with van der Waals surface area (Å²) in [5.74, 6) is 0. The van der Waals surface area contributed by atoms with Gasteiger partial charge in [0.1, 0.15) is 0 Å². The molecule has 0 aromatic carbocycles. The number of ether oxygens (including phenoxy) is 1. The van der Waals surface area contributed by atoms with Gasteiger partial charge in [-0.15, -0.1) is 0 Å². The van der Waals surface area contributed by atoms with Gasteiger partial charge in [0.2, 0.25) is 6.10 Å². The maximum Gasteiger partial charge on any atom is 0.423 e. The van der Waals surface area contributed by atoms with Crippen LogP contribution in [-0.2, 0) is 4.74 Å². The molecule has 1 N–H and O–H groups in total. The molecule has 1 heterocycles. The maximum absolute atomic E-state index is 12.1. The van der Waals surface area contributed by atoms with E-state index < -0.39 is 25.1 Å². The van der Waals surface area contributed by atoms with Gasteiger partial charge in [-0.05, 0) is 18.5 Å². The summed E-state index contributed by atoms with van der Waals surface area (Å²) in [5, 5.41) is 2.89. The third kappa shape index (κ3) is 4.55. The van der Waals surface area contributed by atoms with Crippen LogP contribution in [0, 0.1) is 0 Å². The van der Waals surface area contributed by atoms with E-state index in [1.807, 2.05) is 0 Å². The zero-order valence-corrected chi connectivity index (χ0v) is 8.66. The average molecular weight is 263 g/mol. The summed E-state index contributed by atoms with van der Waals surface area (Å²) in [6.07, 6.45) is -12.7. The highest BCUT2D eigenvalue weighted by Crippen LogP contribution is 2.35. The Hall–Kier alpha value is -0.760. The molecule has 1 aliphatic heterocycles. The zero-order valence-electron chi connectivity index (χ0n) is 8.66. The molecule has 0 atom stereocenters.